The Morgan fingerprint density at radius 1 is 0.973 bits per heavy atom. The summed E-state index contributed by atoms with van der Waals surface area (Å²) in [4.78, 5) is 28.1. The van der Waals surface area contributed by atoms with E-state index >= 15 is 0 Å². The summed E-state index contributed by atoms with van der Waals surface area (Å²) in [6.45, 7) is 2.30. The zero-order valence-electron chi connectivity index (χ0n) is 20.8. The molecule has 1 spiro atoms. The van der Waals surface area contributed by atoms with Gasteiger partial charge in [0, 0.05) is 17.6 Å². The maximum Gasteiger partial charge on any atom is 0.411 e. The maximum absolute atomic E-state index is 13.8. The van der Waals surface area contributed by atoms with Crippen LogP contribution in [0.1, 0.15) is 36.0 Å². The normalized spacial score (nSPS) is 28.5. The van der Waals surface area contributed by atoms with Crippen molar-refractivity contribution in [1.82, 2.24) is 10.2 Å². The Balaban J connectivity index is 1.18. The molecule has 2 saturated heterocycles. The molecule has 5 atom stereocenters. The van der Waals surface area contributed by atoms with Crippen molar-refractivity contribution in [2.75, 3.05) is 19.0 Å². The smallest absolute Gasteiger partial charge is 0.411 e. The molecule has 0 radical (unpaired) electrons. The number of para-hydroxylation sites is 1. The molecule has 3 aromatic carbocycles. The van der Waals surface area contributed by atoms with Crippen LogP contribution in [0.5, 0.6) is 0 Å². The van der Waals surface area contributed by atoms with Gasteiger partial charge in [0.15, 0.2) is 0 Å². The van der Waals surface area contributed by atoms with Gasteiger partial charge in [-0.3, -0.25) is 15.0 Å². The summed E-state index contributed by atoms with van der Waals surface area (Å²) in [5.74, 6) is -0.273. The zero-order valence-corrected chi connectivity index (χ0v) is 20.8. The Morgan fingerprint density at radius 3 is 2.32 bits per heavy atom. The minimum absolute atomic E-state index is 0.00159. The fraction of sp³-hybridized carbons (Fsp3) is 0.333. The van der Waals surface area contributed by atoms with E-state index in [-0.39, 0.29) is 42.8 Å². The quantitative estimate of drug-likeness (QED) is 0.530. The van der Waals surface area contributed by atoms with E-state index in [9.17, 15) is 9.59 Å². The van der Waals surface area contributed by atoms with E-state index in [4.69, 9.17) is 9.47 Å². The summed E-state index contributed by atoms with van der Waals surface area (Å²) in [5, 5.41) is 7.09. The third kappa shape index (κ3) is 2.98. The van der Waals surface area contributed by atoms with Gasteiger partial charge in [0.05, 0.1) is 18.6 Å². The molecule has 188 valence electrons. The summed E-state index contributed by atoms with van der Waals surface area (Å²) in [6, 6.07) is 24.1. The van der Waals surface area contributed by atoms with Gasteiger partial charge >= 0.3 is 12.1 Å². The number of carbonyl (C=O) groups excluding carboxylic acids is 2. The van der Waals surface area contributed by atoms with Crippen LogP contribution in [0.2, 0.25) is 0 Å². The number of amides is 1. The lowest BCUT2D eigenvalue weighted by Crippen LogP contribution is -2.50. The molecule has 7 nitrogen and oxygen atoms in total. The molecule has 0 saturated carbocycles. The summed E-state index contributed by atoms with van der Waals surface area (Å²) in [7, 11) is 1.42. The number of methoxy groups -OCH3 is 1. The molecule has 37 heavy (non-hydrogen) atoms. The Labute approximate surface area is 215 Å². The number of ether oxygens (including phenoxy) is 2. The summed E-state index contributed by atoms with van der Waals surface area (Å²) < 4.78 is 11.2. The number of likely N-dealkylation sites (tertiary alicyclic amines) is 1. The number of benzene rings is 3. The highest BCUT2D eigenvalue weighted by Crippen LogP contribution is 2.56. The van der Waals surface area contributed by atoms with E-state index in [0.717, 1.165) is 11.3 Å². The Kier molecular flexibility index (Phi) is 4.88. The lowest BCUT2D eigenvalue weighted by molar-refractivity contribution is -0.142. The van der Waals surface area contributed by atoms with Gasteiger partial charge in [-0.2, -0.15) is 0 Å². The van der Waals surface area contributed by atoms with Crippen LogP contribution in [0, 0.1) is 0 Å². The van der Waals surface area contributed by atoms with Gasteiger partial charge in [-0.15, -0.1) is 0 Å². The van der Waals surface area contributed by atoms with Crippen molar-refractivity contribution < 1.29 is 19.1 Å². The fourth-order valence-corrected chi connectivity index (χ4v) is 7.40. The zero-order chi connectivity index (χ0) is 25.3. The predicted molar refractivity (Wildman–Crippen MR) is 139 cm³/mol. The van der Waals surface area contributed by atoms with E-state index in [2.05, 4.69) is 41.0 Å². The first-order valence-corrected chi connectivity index (χ1v) is 12.9. The number of fused-ring (bicyclic) bond motifs is 4. The first-order chi connectivity index (χ1) is 18.0. The first kappa shape index (κ1) is 22.4. The molecule has 2 fully saturated rings. The van der Waals surface area contributed by atoms with Gasteiger partial charge in [0.2, 0.25) is 0 Å². The molecule has 0 bridgehead atoms. The van der Waals surface area contributed by atoms with E-state index in [1.54, 1.807) is 0 Å². The van der Waals surface area contributed by atoms with E-state index in [1.807, 2.05) is 54.3 Å². The van der Waals surface area contributed by atoms with Crippen LogP contribution in [0.15, 0.2) is 72.8 Å². The standard InChI is InChI=1S/C30H29N3O4/c1-17-26-30(15-25(31-26)27(34)36-2)23-13-7-8-14-24(23)32-28(30)33(17)29(35)37-16-22-20-11-5-3-9-18(20)19-10-4-6-12-21(19)22/h3-14,17,22,25-26,28,31-32H,15-16H2,1-2H3/t17-,25-,26-,28-,30+/m0/s1. The van der Waals surface area contributed by atoms with Crippen LogP contribution in [0.25, 0.3) is 11.1 Å². The second-order valence-corrected chi connectivity index (χ2v) is 10.5. The van der Waals surface area contributed by atoms with Crippen LogP contribution in [0.3, 0.4) is 0 Å². The third-order valence-corrected chi connectivity index (χ3v) is 8.92. The lowest BCUT2D eigenvalue weighted by Gasteiger charge is -2.32. The highest BCUT2D eigenvalue weighted by molar-refractivity contribution is 5.81. The number of rotatable bonds is 3. The van der Waals surface area contributed by atoms with E-state index < -0.39 is 11.5 Å². The first-order valence-electron chi connectivity index (χ1n) is 12.9. The molecule has 0 aromatic heterocycles. The largest absolute Gasteiger partial charge is 0.468 e. The van der Waals surface area contributed by atoms with Gasteiger partial charge in [0.25, 0.3) is 0 Å². The van der Waals surface area contributed by atoms with Crippen LogP contribution in [-0.4, -0.2) is 55.0 Å². The molecule has 3 aromatic rings. The molecule has 2 N–H and O–H groups in total. The SMILES string of the molecule is COC(=O)[C@@H]1C[C@]23c4ccccc4N[C@H]2N(C(=O)OCC2c4ccccc4-c4ccccc42)[C@@H](C)[C@@H]3N1. The van der Waals surface area contributed by atoms with Gasteiger partial charge in [-0.1, -0.05) is 66.7 Å². The molecular weight excluding hydrogens is 466 g/mol. The predicted octanol–water partition coefficient (Wildman–Crippen LogP) is 4.23. The minimum atomic E-state index is -0.444. The number of anilines is 1. The van der Waals surface area contributed by atoms with E-state index in [0.29, 0.717) is 6.42 Å². The van der Waals surface area contributed by atoms with Crippen molar-refractivity contribution in [1.29, 1.82) is 0 Å². The second kappa shape index (κ2) is 8.08. The van der Waals surface area contributed by atoms with Crippen molar-refractivity contribution >= 4 is 17.7 Å². The maximum atomic E-state index is 13.8. The van der Waals surface area contributed by atoms with Crippen molar-refractivity contribution in [3.8, 4) is 11.1 Å². The Hall–Kier alpha value is -3.84. The summed E-state index contributed by atoms with van der Waals surface area (Å²) in [6.07, 6.45) is -0.108. The second-order valence-electron chi connectivity index (χ2n) is 10.5. The fourth-order valence-electron chi connectivity index (χ4n) is 7.40. The molecule has 3 heterocycles. The number of nitrogens with one attached hydrogen (secondary N) is 2. The highest BCUT2D eigenvalue weighted by Gasteiger charge is 2.68. The third-order valence-electron chi connectivity index (χ3n) is 8.92. The van der Waals surface area contributed by atoms with Gasteiger partial charge < -0.3 is 14.8 Å². The average Bonchev–Trinajstić information content (AvgIpc) is 3.63. The molecular formula is C30H29N3O4. The summed E-state index contributed by atoms with van der Waals surface area (Å²) in [5.41, 5.74) is 6.46. The van der Waals surface area contributed by atoms with E-state index in [1.165, 1.54) is 29.4 Å². The van der Waals surface area contributed by atoms with Crippen molar-refractivity contribution in [3.63, 3.8) is 0 Å². The number of hydrogen-bond donors (Lipinski definition) is 2. The lowest BCUT2D eigenvalue weighted by atomic mass is 9.74. The van der Waals surface area contributed by atoms with Crippen molar-refractivity contribution in [3.05, 3.63) is 89.5 Å². The summed E-state index contributed by atoms with van der Waals surface area (Å²) >= 11 is 0. The van der Waals surface area contributed by atoms with Gasteiger partial charge in [0.1, 0.15) is 18.8 Å². The number of esters is 1. The van der Waals surface area contributed by atoms with Crippen molar-refractivity contribution in [2.45, 2.75) is 49.0 Å². The van der Waals surface area contributed by atoms with Crippen molar-refractivity contribution in [2.24, 2.45) is 0 Å². The minimum Gasteiger partial charge on any atom is -0.468 e. The Morgan fingerprint density at radius 2 is 1.62 bits per heavy atom. The van der Waals surface area contributed by atoms with Gasteiger partial charge in [-0.05, 0) is 47.2 Å². The molecule has 1 aliphatic carbocycles. The molecule has 7 rings (SSSR count). The number of hydrogen-bond acceptors (Lipinski definition) is 6. The van der Waals surface area contributed by atoms with Gasteiger partial charge in [-0.25, -0.2) is 4.79 Å². The molecule has 0 unspecified atom stereocenters. The number of carbonyl (C=O) groups is 2. The van der Waals surface area contributed by atoms with Crippen LogP contribution >= 0.6 is 0 Å². The molecule has 7 heteroatoms. The monoisotopic (exact) mass is 495 g/mol. The highest BCUT2D eigenvalue weighted by atomic mass is 16.6. The Bertz CT molecular complexity index is 1380. The number of nitrogens with zero attached hydrogens (tertiary/aromatic N) is 1. The van der Waals surface area contributed by atoms with Crippen LogP contribution in [-0.2, 0) is 19.7 Å². The molecule has 3 aliphatic heterocycles. The average molecular weight is 496 g/mol. The topological polar surface area (TPSA) is 79.9 Å². The molecule has 4 aliphatic rings. The van der Waals surface area contributed by atoms with Crippen LogP contribution < -0.4 is 10.6 Å². The van der Waals surface area contributed by atoms with Crippen LogP contribution in [0.4, 0.5) is 10.5 Å². The molecule has 1 amide bonds.